The maximum Gasteiger partial charge on any atom is 0.243 e. The van der Waals surface area contributed by atoms with Gasteiger partial charge in [-0.15, -0.1) is 0 Å². The van der Waals surface area contributed by atoms with Gasteiger partial charge in [0.25, 0.3) is 0 Å². The molecule has 0 aromatic heterocycles. The van der Waals surface area contributed by atoms with Crippen molar-refractivity contribution in [2.24, 2.45) is 16.6 Å². The zero-order valence-corrected chi connectivity index (χ0v) is 17.3. The van der Waals surface area contributed by atoms with E-state index in [0.717, 1.165) is 0 Å². The highest BCUT2D eigenvalue weighted by atomic mass is 32.1. The summed E-state index contributed by atoms with van der Waals surface area (Å²) in [5.74, 6) is -2.63. The number of amides is 4. The summed E-state index contributed by atoms with van der Waals surface area (Å²) in [7, 11) is 0. The molecule has 168 valence electrons. The maximum absolute atomic E-state index is 12.4. The third-order valence-corrected chi connectivity index (χ3v) is 4.01. The van der Waals surface area contributed by atoms with Gasteiger partial charge in [-0.3, -0.25) is 24.6 Å². The molecule has 0 bridgehead atoms. The molecule has 0 aromatic rings. The number of nitrogens with two attached hydrogens (primary N) is 2. The first-order valence-electron chi connectivity index (χ1n) is 9.06. The number of carbonyl (C=O) groups is 4. The van der Waals surface area contributed by atoms with Crippen molar-refractivity contribution in [3.8, 4) is 0 Å². The molecule has 0 aliphatic carbocycles. The lowest BCUT2D eigenvalue weighted by molar-refractivity contribution is -0.131. The minimum atomic E-state index is -0.970. The van der Waals surface area contributed by atoms with Crippen molar-refractivity contribution < 1.29 is 19.2 Å². The highest BCUT2D eigenvalue weighted by Gasteiger charge is 2.22. The van der Waals surface area contributed by atoms with Crippen molar-refractivity contribution in [3.63, 3.8) is 0 Å². The molecule has 14 nitrogen and oxygen atoms in total. The number of azide groups is 1. The second-order valence-electron chi connectivity index (χ2n) is 6.08. The normalized spacial score (nSPS) is 11.9. The molecular weight excluding hydrogens is 416 g/mol. The van der Waals surface area contributed by atoms with Crippen LogP contribution in [0.15, 0.2) is 5.11 Å². The summed E-state index contributed by atoms with van der Waals surface area (Å²) < 4.78 is 0. The third kappa shape index (κ3) is 13.1. The van der Waals surface area contributed by atoms with E-state index in [1.165, 1.54) is 0 Å². The van der Waals surface area contributed by atoms with Crippen LogP contribution in [0, 0.1) is 5.41 Å². The Morgan fingerprint density at radius 3 is 2.30 bits per heavy atom. The fraction of sp³-hybridized carbons (Fsp3) is 0.667. The van der Waals surface area contributed by atoms with Gasteiger partial charge in [0.2, 0.25) is 23.6 Å². The molecule has 0 aliphatic rings. The van der Waals surface area contributed by atoms with Crippen LogP contribution in [0.1, 0.15) is 25.7 Å². The molecule has 2 atom stereocenters. The molecule has 0 unspecified atom stereocenters. The zero-order valence-electron chi connectivity index (χ0n) is 16.4. The van der Waals surface area contributed by atoms with Gasteiger partial charge in [-0.1, -0.05) is 5.11 Å². The number of carbonyl (C=O) groups excluding carboxylic acids is 4. The topological polar surface area (TPSA) is 241 Å². The number of thiol groups is 1. The number of primary amides is 1. The Hall–Kier alpha value is -3.19. The Morgan fingerprint density at radius 2 is 1.73 bits per heavy atom. The third-order valence-electron chi connectivity index (χ3n) is 3.65. The Balaban J connectivity index is 4.72. The fourth-order valence-corrected chi connectivity index (χ4v) is 2.43. The summed E-state index contributed by atoms with van der Waals surface area (Å²) >= 11 is 3.90. The van der Waals surface area contributed by atoms with Crippen LogP contribution in [-0.2, 0) is 19.2 Å². The van der Waals surface area contributed by atoms with Crippen molar-refractivity contribution in [1.29, 1.82) is 5.41 Å². The number of guanidine groups is 1. The summed E-state index contributed by atoms with van der Waals surface area (Å²) in [4.78, 5) is 50.0. The molecular formula is C15H28N10O4S. The van der Waals surface area contributed by atoms with Crippen LogP contribution in [-0.4, -0.2) is 67.1 Å². The van der Waals surface area contributed by atoms with Crippen LogP contribution in [0.25, 0.3) is 10.4 Å². The van der Waals surface area contributed by atoms with E-state index in [2.05, 4.69) is 43.9 Å². The monoisotopic (exact) mass is 444 g/mol. The standard InChI is InChI=1S/C15H28N10O4S/c16-13(28)10(8-30)24-12(27)7-21-14(29)9(3-1-5-20-15(17)18)23-11(26)4-2-6-22-25-19/h9-10,30H,1-8H2,(H2,16,28)(H,21,29)(H,23,26)(H,24,27)(H4,17,18,20)/t9-,10-/m0/s1. The van der Waals surface area contributed by atoms with Gasteiger partial charge in [-0.25, -0.2) is 0 Å². The van der Waals surface area contributed by atoms with E-state index in [4.69, 9.17) is 22.4 Å². The summed E-state index contributed by atoms with van der Waals surface area (Å²) in [6, 6.07) is -1.91. The van der Waals surface area contributed by atoms with Gasteiger partial charge in [-0.05, 0) is 24.8 Å². The smallest absolute Gasteiger partial charge is 0.243 e. The zero-order chi connectivity index (χ0) is 22.9. The predicted molar refractivity (Wildman–Crippen MR) is 112 cm³/mol. The van der Waals surface area contributed by atoms with Gasteiger partial charge in [0.05, 0.1) is 6.54 Å². The molecule has 0 rings (SSSR count). The van der Waals surface area contributed by atoms with E-state index in [9.17, 15) is 19.2 Å². The first-order valence-corrected chi connectivity index (χ1v) is 9.69. The van der Waals surface area contributed by atoms with Crippen LogP contribution in [0.4, 0.5) is 0 Å². The highest BCUT2D eigenvalue weighted by Crippen LogP contribution is 2.00. The Kier molecular flexibility index (Phi) is 14.0. The highest BCUT2D eigenvalue weighted by molar-refractivity contribution is 7.80. The van der Waals surface area contributed by atoms with Crippen LogP contribution in [0.5, 0.6) is 0 Å². The van der Waals surface area contributed by atoms with Crippen molar-refractivity contribution >= 4 is 42.2 Å². The lowest BCUT2D eigenvalue weighted by Crippen LogP contribution is -2.52. The minimum Gasteiger partial charge on any atom is -0.370 e. The van der Waals surface area contributed by atoms with Gasteiger partial charge < -0.3 is 32.7 Å². The van der Waals surface area contributed by atoms with Gasteiger partial charge >= 0.3 is 0 Å². The van der Waals surface area contributed by atoms with Gasteiger partial charge in [0.15, 0.2) is 5.96 Å². The number of rotatable bonds is 15. The summed E-state index contributed by atoms with van der Waals surface area (Å²) in [5.41, 5.74) is 18.5. The largest absolute Gasteiger partial charge is 0.370 e. The Labute approximate surface area is 178 Å². The molecule has 0 heterocycles. The van der Waals surface area contributed by atoms with E-state index in [1.807, 2.05) is 0 Å². The molecule has 15 heteroatoms. The quantitative estimate of drug-likeness (QED) is 0.0266. The molecule has 9 N–H and O–H groups in total. The number of hydrogen-bond acceptors (Lipinski definition) is 7. The molecule has 0 saturated carbocycles. The second kappa shape index (κ2) is 15.7. The van der Waals surface area contributed by atoms with E-state index in [0.29, 0.717) is 19.4 Å². The lowest BCUT2D eigenvalue weighted by Gasteiger charge is -2.19. The summed E-state index contributed by atoms with van der Waals surface area (Å²) in [6.45, 7) is 0.0373. The van der Waals surface area contributed by atoms with Gasteiger partial charge in [0.1, 0.15) is 12.1 Å². The van der Waals surface area contributed by atoms with E-state index < -0.39 is 42.3 Å². The molecule has 0 radical (unpaired) electrons. The summed E-state index contributed by atoms with van der Waals surface area (Å²) in [5, 5.41) is 20.3. The Bertz CT molecular complexity index is 668. The SMILES string of the molecule is [N-]=[N+]=NCCCC(=O)N[C@@H](CCCNC(=N)N)C(=O)NCC(=O)N[C@@H](CS)C(N)=O. The van der Waals surface area contributed by atoms with Crippen molar-refractivity contribution in [1.82, 2.24) is 21.3 Å². The fourth-order valence-electron chi connectivity index (χ4n) is 2.16. The Morgan fingerprint density at radius 1 is 1.07 bits per heavy atom. The minimum absolute atomic E-state index is 0.00664. The van der Waals surface area contributed by atoms with E-state index in [-0.39, 0.29) is 31.1 Å². The molecule has 0 aliphatic heterocycles. The molecule has 30 heavy (non-hydrogen) atoms. The maximum atomic E-state index is 12.4. The van der Waals surface area contributed by atoms with Crippen LogP contribution < -0.4 is 32.7 Å². The van der Waals surface area contributed by atoms with Crippen LogP contribution in [0.3, 0.4) is 0 Å². The molecule has 0 aromatic carbocycles. The molecule has 0 spiro atoms. The van der Waals surface area contributed by atoms with Crippen molar-refractivity contribution in [3.05, 3.63) is 10.4 Å². The molecule has 4 amide bonds. The van der Waals surface area contributed by atoms with Crippen molar-refractivity contribution in [2.45, 2.75) is 37.8 Å². The van der Waals surface area contributed by atoms with Crippen molar-refractivity contribution in [2.75, 3.05) is 25.4 Å². The van der Waals surface area contributed by atoms with Crippen LogP contribution in [0.2, 0.25) is 0 Å². The predicted octanol–water partition coefficient (Wildman–Crippen LogP) is -2.16. The number of hydrogen-bond donors (Lipinski definition) is 8. The molecule has 0 fully saturated rings. The van der Waals surface area contributed by atoms with Crippen LogP contribution >= 0.6 is 12.6 Å². The lowest BCUT2D eigenvalue weighted by atomic mass is 10.1. The number of nitrogens with zero attached hydrogens (tertiary/aromatic N) is 3. The first kappa shape index (κ1) is 26.8. The van der Waals surface area contributed by atoms with E-state index >= 15 is 0 Å². The first-order chi connectivity index (χ1) is 14.2. The summed E-state index contributed by atoms with van der Waals surface area (Å²) in [6.07, 6.45) is 0.997. The average molecular weight is 445 g/mol. The van der Waals surface area contributed by atoms with E-state index in [1.54, 1.807) is 0 Å². The van der Waals surface area contributed by atoms with Gasteiger partial charge in [-0.2, -0.15) is 12.6 Å². The average Bonchev–Trinajstić information content (AvgIpc) is 2.69. The van der Waals surface area contributed by atoms with Gasteiger partial charge in [0, 0.05) is 30.2 Å². The second-order valence-corrected chi connectivity index (χ2v) is 6.45. The number of nitrogens with one attached hydrogen (secondary N) is 5. The molecule has 0 saturated heterocycles.